The van der Waals surface area contributed by atoms with Gasteiger partial charge in [0.15, 0.2) is 0 Å². The van der Waals surface area contributed by atoms with Gasteiger partial charge in [0.2, 0.25) is 5.88 Å². The predicted molar refractivity (Wildman–Crippen MR) is 198 cm³/mol. The summed E-state index contributed by atoms with van der Waals surface area (Å²) >= 11 is 0. The van der Waals surface area contributed by atoms with Gasteiger partial charge in [-0.25, -0.2) is 9.97 Å². The van der Waals surface area contributed by atoms with Gasteiger partial charge in [0.25, 0.3) is 0 Å². The molecule has 0 fully saturated rings. The van der Waals surface area contributed by atoms with E-state index in [1.807, 2.05) is 24.5 Å². The Labute approximate surface area is 281 Å². The molecular formula is C42H39N5O. The fraction of sp³-hybridized carbons (Fsp3) is 0.190. The van der Waals surface area contributed by atoms with Crippen LogP contribution in [-0.2, 0) is 5.41 Å². The van der Waals surface area contributed by atoms with Crippen LogP contribution in [0.2, 0.25) is 0 Å². The van der Waals surface area contributed by atoms with Crippen molar-refractivity contribution in [3.8, 4) is 17.4 Å². The van der Waals surface area contributed by atoms with Gasteiger partial charge in [-0.05, 0) is 91.4 Å². The number of hydrogen-bond donors (Lipinski definition) is 0. The summed E-state index contributed by atoms with van der Waals surface area (Å²) in [5.74, 6) is 2.15. The Kier molecular flexibility index (Phi) is 6.99. The van der Waals surface area contributed by atoms with Gasteiger partial charge in [-0.1, -0.05) is 68.8 Å². The molecule has 0 saturated carbocycles. The lowest BCUT2D eigenvalue weighted by atomic mass is 9.88. The topological polar surface area (TPSA) is 46.4 Å². The lowest BCUT2D eigenvalue weighted by molar-refractivity contribution is 0.463. The van der Waals surface area contributed by atoms with Crippen molar-refractivity contribution in [1.29, 1.82) is 0 Å². The van der Waals surface area contributed by atoms with Crippen LogP contribution in [0.1, 0.15) is 43.0 Å². The Balaban J connectivity index is 1.16. The summed E-state index contributed by atoms with van der Waals surface area (Å²) in [6.07, 6.45) is 3.74. The molecular weight excluding hydrogens is 590 g/mol. The van der Waals surface area contributed by atoms with Gasteiger partial charge < -0.3 is 14.5 Å². The second kappa shape index (κ2) is 11.3. The third-order valence-electron chi connectivity index (χ3n) is 9.39. The number of pyridine rings is 2. The minimum absolute atomic E-state index is 0.00604. The van der Waals surface area contributed by atoms with Gasteiger partial charge in [-0.2, -0.15) is 0 Å². The zero-order valence-electron chi connectivity index (χ0n) is 28.3. The molecule has 6 heteroatoms. The maximum Gasteiger partial charge on any atom is 0.221 e. The van der Waals surface area contributed by atoms with E-state index in [2.05, 4.69) is 152 Å². The van der Waals surface area contributed by atoms with Crippen molar-refractivity contribution < 1.29 is 4.74 Å². The van der Waals surface area contributed by atoms with Gasteiger partial charge in [-0.3, -0.25) is 4.57 Å². The lowest BCUT2D eigenvalue weighted by Crippen LogP contribution is -2.25. The largest absolute Gasteiger partial charge is 0.439 e. The number of anilines is 4. The molecule has 0 unspecified atom stereocenters. The molecule has 0 spiro atoms. The number of rotatable bonds is 5. The summed E-state index contributed by atoms with van der Waals surface area (Å²) in [5.41, 5.74) is 11.8. The summed E-state index contributed by atoms with van der Waals surface area (Å²) in [6, 6.07) is 36.3. The van der Waals surface area contributed by atoms with Crippen molar-refractivity contribution in [2.24, 2.45) is 0 Å². The third-order valence-corrected chi connectivity index (χ3v) is 9.39. The first-order valence-electron chi connectivity index (χ1n) is 16.5. The molecule has 4 heterocycles. The van der Waals surface area contributed by atoms with Crippen molar-refractivity contribution in [2.45, 2.75) is 47.0 Å². The van der Waals surface area contributed by atoms with E-state index >= 15 is 0 Å². The quantitative estimate of drug-likeness (QED) is 0.190. The average molecular weight is 630 g/mol. The second-order valence-corrected chi connectivity index (χ2v) is 13.9. The van der Waals surface area contributed by atoms with E-state index in [4.69, 9.17) is 9.72 Å². The minimum Gasteiger partial charge on any atom is -0.439 e. The van der Waals surface area contributed by atoms with Crippen molar-refractivity contribution in [3.05, 3.63) is 138 Å². The first-order valence-corrected chi connectivity index (χ1v) is 16.5. The van der Waals surface area contributed by atoms with E-state index in [1.165, 1.54) is 39.0 Å². The molecule has 6 nitrogen and oxygen atoms in total. The van der Waals surface area contributed by atoms with Crippen molar-refractivity contribution in [3.63, 3.8) is 0 Å². The number of aromatic nitrogens is 3. The van der Waals surface area contributed by atoms with Crippen LogP contribution in [0, 0.1) is 20.8 Å². The Morgan fingerprint density at radius 2 is 1.33 bits per heavy atom. The van der Waals surface area contributed by atoms with Crippen LogP contribution in [0.5, 0.6) is 11.6 Å². The van der Waals surface area contributed by atoms with Crippen LogP contribution in [0.25, 0.3) is 27.6 Å². The summed E-state index contributed by atoms with van der Waals surface area (Å²) in [5, 5.41) is 2.33. The summed E-state index contributed by atoms with van der Waals surface area (Å²) in [7, 11) is 0. The highest BCUT2D eigenvalue weighted by Crippen LogP contribution is 2.46. The minimum atomic E-state index is 0.00604. The first kappa shape index (κ1) is 29.8. The van der Waals surface area contributed by atoms with Crippen LogP contribution in [0.15, 0.2) is 116 Å². The highest BCUT2D eigenvalue weighted by molar-refractivity contribution is 6.09. The molecule has 0 amide bonds. The highest BCUT2D eigenvalue weighted by Gasteiger charge is 2.30. The van der Waals surface area contributed by atoms with E-state index in [9.17, 15) is 0 Å². The normalized spacial score (nSPS) is 13.0. The summed E-state index contributed by atoms with van der Waals surface area (Å²) < 4.78 is 8.75. The van der Waals surface area contributed by atoms with E-state index in [1.54, 1.807) is 0 Å². The van der Waals surface area contributed by atoms with Crippen molar-refractivity contribution in [1.82, 2.24) is 14.5 Å². The monoisotopic (exact) mass is 629 g/mol. The number of fused-ring (bicyclic) bond motifs is 4. The van der Waals surface area contributed by atoms with Crippen LogP contribution < -0.4 is 14.5 Å². The highest BCUT2D eigenvalue weighted by atomic mass is 16.5. The fourth-order valence-electron chi connectivity index (χ4n) is 7.24. The molecule has 1 aliphatic rings. The lowest BCUT2D eigenvalue weighted by Gasteiger charge is -2.25. The maximum absolute atomic E-state index is 6.52. The van der Waals surface area contributed by atoms with Crippen molar-refractivity contribution >= 4 is 44.6 Å². The summed E-state index contributed by atoms with van der Waals surface area (Å²) in [6.45, 7) is 13.9. The maximum atomic E-state index is 6.52. The number of nitrogens with zero attached hydrogens (tertiary/aromatic N) is 5. The van der Waals surface area contributed by atoms with E-state index in [-0.39, 0.29) is 5.41 Å². The Morgan fingerprint density at radius 3 is 2.10 bits per heavy atom. The molecule has 3 aromatic heterocycles. The number of para-hydroxylation sites is 3. The number of ether oxygens (including phenoxy) is 1. The Morgan fingerprint density at radius 1 is 0.646 bits per heavy atom. The van der Waals surface area contributed by atoms with E-state index in [0.29, 0.717) is 12.5 Å². The molecule has 238 valence electrons. The first-order chi connectivity index (χ1) is 23.2. The molecule has 48 heavy (non-hydrogen) atoms. The molecule has 4 aromatic carbocycles. The molecule has 0 N–H and O–H groups in total. The molecule has 7 aromatic rings. The molecule has 0 bridgehead atoms. The molecule has 1 aliphatic heterocycles. The average Bonchev–Trinajstić information content (AvgIpc) is 3.60. The smallest absolute Gasteiger partial charge is 0.221 e. The summed E-state index contributed by atoms with van der Waals surface area (Å²) in [4.78, 5) is 14.2. The zero-order valence-corrected chi connectivity index (χ0v) is 28.3. The molecule has 0 atom stereocenters. The van der Waals surface area contributed by atoms with Gasteiger partial charge in [0.05, 0.1) is 22.4 Å². The van der Waals surface area contributed by atoms with Crippen molar-refractivity contribution in [2.75, 3.05) is 16.5 Å². The van der Waals surface area contributed by atoms with E-state index in [0.717, 1.165) is 39.4 Å². The second-order valence-electron chi connectivity index (χ2n) is 13.9. The van der Waals surface area contributed by atoms with E-state index < -0.39 is 0 Å². The zero-order chi connectivity index (χ0) is 33.2. The standard InChI is InChI=1S/C42H39N5O/c1-27-21-28(2)41(29(3)22-27)46-26-45(36-13-9-10-14-37(36)46)31-18-20-44-40(24-31)48-32-15-16-34-33-11-7-8-12-35(33)47(38(34)25-32)39-23-30(17-19-43-39)42(4,5)6/h7-25H,26H2,1-6H3. The Bertz CT molecular complexity index is 2320. The number of aryl methyl sites for hydroxylation is 3. The Hall–Kier alpha value is -5.62. The third kappa shape index (κ3) is 5.05. The van der Waals surface area contributed by atoms with Gasteiger partial charge >= 0.3 is 0 Å². The molecule has 8 rings (SSSR count). The number of hydrogen-bond acceptors (Lipinski definition) is 5. The molecule has 0 radical (unpaired) electrons. The van der Waals surface area contributed by atoms with Gasteiger partial charge in [0.1, 0.15) is 18.2 Å². The van der Waals surface area contributed by atoms with Crippen LogP contribution >= 0.6 is 0 Å². The fourth-order valence-corrected chi connectivity index (χ4v) is 7.24. The van der Waals surface area contributed by atoms with Crippen LogP contribution in [0.3, 0.4) is 0 Å². The van der Waals surface area contributed by atoms with Gasteiger partial charge in [0, 0.05) is 46.7 Å². The van der Waals surface area contributed by atoms with Gasteiger partial charge in [-0.15, -0.1) is 0 Å². The van der Waals surface area contributed by atoms with Crippen LogP contribution in [0.4, 0.5) is 22.7 Å². The molecule has 0 aliphatic carbocycles. The van der Waals surface area contributed by atoms with Crippen LogP contribution in [-0.4, -0.2) is 21.2 Å². The SMILES string of the molecule is Cc1cc(C)c(N2CN(c3ccnc(Oc4ccc5c6ccccc6n(-c6cc(C(C)(C)C)ccn6)c5c4)c3)c3ccccc32)c(C)c1. The number of benzene rings is 4. The molecule has 0 saturated heterocycles. The predicted octanol–water partition coefficient (Wildman–Crippen LogP) is 10.8.